The molecule has 1 aromatic heterocycles. The molecule has 1 heterocycles. The zero-order chi connectivity index (χ0) is 21.7. The monoisotopic (exact) mass is 444 g/mol. The standard InChI is InChI=1S/C23H25ClN2O3S/c1-5-10-28-18-8-6-17(7-9-18)20-13-30-23(25-20)26-22(27)16(4)29-19-11-14(2)21(24)15(3)12-19/h6-9,11-13,16H,5,10H2,1-4H3,(H,25,26,27). The third-order valence-electron chi connectivity index (χ3n) is 4.45. The predicted octanol–water partition coefficient (Wildman–Crippen LogP) is 6.28. The third-order valence-corrected chi connectivity index (χ3v) is 5.80. The Labute approximate surface area is 186 Å². The number of amides is 1. The van der Waals surface area contributed by atoms with Gasteiger partial charge >= 0.3 is 0 Å². The molecule has 1 atom stereocenters. The highest BCUT2D eigenvalue weighted by molar-refractivity contribution is 7.14. The molecular weight excluding hydrogens is 420 g/mol. The van der Waals surface area contributed by atoms with E-state index in [2.05, 4.69) is 17.2 Å². The van der Waals surface area contributed by atoms with E-state index >= 15 is 0 Å². The van der Waals surface area contributed by atoms with E-state index in [1.165, 1.54) is 11.3 Å². The van der Waals surface area contributed by atoms with Crippen molar-refractivity contribution in [3.8, 4) is 22.8 Å². The van der Waals surface area contributed by atoms with Crippen LogP contribution in [0.2, 0.25) is 5.02 Å². The maximum Gasteiger partial charge on any atom is 0.266 e. The van der Waals surface area contributed by atoms with Crippen molar-refractivity contribution < 1.29 is 14.3 Å². The summed E-state index contributed by atoms with van der Waals surface area (Å²) in [7, 11) is 0. The lowest BCUT2D eigenvalue weighted by molar-refractivity contribution is -0.122. The SMILES string of the molecule is CCCOc1ccc(-c2csc(NC(=O)C(C)Oc3cc(C)c(Cl)c(C)c3)n2)cc1. The maximum absolute atomic E-state index is 12.5. The number of nitrogens with one attached hydrogen (secondary N) is 1. The normalized spacial score (nSPS) is 11.8. The number of ether oxygens (including phenoxy) is 2. The van der Waals surface area contributed by atoms with E-state index in [0.29, 0.717) is 22.5 Å². The first kappa shape index (κ1) is 22.1. The number of aromatic nitrogens is 1. The Balaban J connectivity index is 1.61. The molecule has 0 saturated carbocycles. The predicted molar refractivity (Wildman–Crippen MR) is 123 cm³/mol. The number of anilines is 1. The molecule has 30 heavy (non-hydrogen) atoms. The van der Waals surface area contributed by atoms with Crippen LogP contribution >= 0.6 is 22.9 Å². The van der Waals surface area contributed by atoms with Crippen molar-refractivity contribution in [1.29, 1.82) is 0 Å². The van der Waals surface area contributed by atoms with Crippen molar-refractivity contribution in [2.45, 2.75) is 40.2 Å². The number of carbonyl (C=O) groups is 1. The molecule has 1 amide bonds. The molecule has 0 aliphatic heterocycles. The Kier molecular flexibility index (Phi) is 7.34. The van der Waals surface area contributed by atoms with Crippen LogP contribution < -0.4 is 14.8 Å². The highest BCUT2D eigenvalue weighted by atomic mass is 35.5. The molecule has 3 rings (SSSR count). The molecule has 7 heteroatoms. The van der Waals surface area contributed by atoms with Gasteiger partial charge in [-0.2, -0.15) is 0 Å². The lowest BCUT2D eigenvalue weighted by Crippen LogP contribution is -2.30. The zero-order valence-corrected chi connectivity index (χ0v) is 19.1. The van der Waals surface area contributed by atoms with Gasteiger partial charge in [-0.15, -0.1) is 11.3 Å². The average Bonchev–Trinajstić information content (AvgIpc) is 3.19. The second-order valence-electron chi connectivity index (χ2n) is 7.03. The molecular formula is C23H25ClN2O3S. The molecule has 0 aliphatic carbocycles. The van der Waals surface area contributed by atoms with Gasteiger partial charge in [0.05, 0.1) is 12.3 Å². The number of carbonyl (C=O) groups excluding carboxylic acids is 1. The molecule has 158 valence electrons. The highest BCUT2D eigenvalue weighted by Crippen LogP contribution is 2.28. The van der Waals surface area contributed by atoms with Crippen molar-refractivity contribution >= 4 is 34.0 Å². The molecule has 0 radical (unpaired) electrons. The van der Waals surface area contributed by atoms with E-state index < -0.39 is 6.10 Å². The molecule has 0 saturated heterocycles. The molecule has 1 N–H and O–H groups in total. The van der Waals surface area contributed by atoms with Gasteiger partial charge in [-0.25, -0.2) is 4.98 Å². The quantitative estimate of drug-likeness (QED) is 0.444. The van der Waals surface area contributed by atoms with Gasteiger partial charge in [0.15, 0.2) is 11.2 Å². The molecule has 1 unspecified atom stereocenters. The third kappa shape index (κ3) is 5.52. The van der Waals surface area contributed by atoms with Crippen LogP contribution in [-0.2, 0) is 4.79 Å². The molecule has 3 aromatic rings. The highest BCUT2D eigenvalue weighted by Gasteiger charge is 2.17. The molecule has 0 aliphatic rings. The number of rotatable bonds is 8. The Morgan fingerprint density at radius 3 is 2.47 bits per heavy atom. The number of hydrogen-bond acceptors (Lipinski definition) is 5. The second-order valence-corrected chi connectivity index (χ2v) is 8.27. The molecule has 5 nitrogen and oxygen atoms in total. The van der Waals surface area contributed by atoms with Gasteiger partial charge in [-0.1, -0.05) is 18.5 Å². The summed E-state index contributed by atoms with van der Waals surface area (Å²) in [4.78, 5) is 17.0. The van der Waals surface area contributed by atoms with Crippen LogP contribution in [0.5, 0.6) is 11.5 Å². The molecule has 2 aromatic carbocycles. The van der Waals surface area contributed by atoms with Crippen LogP contribution in [0.15, 0.2) is 41.8 Å². The van der Waals surface area contributed by atoms with Crippen molar-refractivity contribution in [1.82, 2.24) is 4.98 Å². The molecule has 0 bridgehead atoms. The van der Waals surface area contributed by atoms with Gasteiger partial charge in [0.1, 0.15) is 11.5 Å². The van der Waals surface area contributed by atoms with Crippen molar-refractivity contribution in [3.05, 3.63) is 57.9 Å². The van der Waals surface area contributed by atoms with E-state index in [1.807, 2.05) is 55.6 Å². The largest absolute Gasteiger partial charge is 0.494 e. The number of hydrogen-bond donors (Lipinski definition) is 1. The minimum absolute atomic E-state index is 0.260. The van der Waals surface area contributed by atoms with Crippen LogP contribution in [0, 0.1) is 13.8 Å². The van der Waals surface area contributed by atoms with E-state index in [1.54, 1.807) is 6.92 Å². The maximum atomic E-state index is 12.5. The van der Waals surface area contributed by atoms with Crippen LogP contribution in [0.4, 0.5) is 5.13 Å². The van der Waals surface area contributed by atoms with E-state index in [9.17, 15) is 4.79 Å². The first-order valence-electron chi connectivity index (χ1n) is 9.80. The second kappa shape index (κ2) is 9.96. The Hall–Kier alpha value is -2.57. The van der Waals surface area contributed by atoms with Gasteiger partial charge in [0.25, 0.3) is 5.91 Å². The van der Waals surface area contributed by atoms with Crippen LogP contribution in [-0.4, -0.2) is 23.6 Å². The number of thiazole rings is 1. The summed E-state index contributed by atoms with van der Waals surface area (Å²) in [6.07, 6.45) is 0.295. The summed E-state index contributed by atoms with van der Waals surface area (Å²) < 4.78 is 11.4. The van der Waals surface area contributed by atoms with Crippen molar-refractivity contribution in [2.75, 3.05) is 11.9 Å². The summed E-state index contributed by atoms with van der Waals surface area (Å²) in [5.41, 5.74) is 3.59. The minimum Gasteiger partial charge on any atom is -0.494 e. The van der Waals surface area contributed by atoms with Crippen molar-refractivity contribution in [3.63, 3.8) is 0 Å². The summed E-state index contributed by atoms with van der Waals surface area (Å²) in [5.74, 6) is 1.19. The van der Waals surface area contributed by atoms with Crippen LogP contribution in [0.25, 0.3) is 11.3 Å². The summed E-state index contributed by atoms with van der Waals surface area (Å²) >= 11 is 7.57. The van der Waals surface area contributed by atoms with Crippen LogP contribution in [0.1, 0.15) is 31.4 Å². The Bertz CT molecular complexity index is 995. The number of halogens is 1. The number of aryl methyl sites for hydroxylation is 2. The summed E-state index contributed by atoms with van der Waals surface area (Å²) in [6.45, 7) is 8.29. The lowest BCUT2D eigenvalue weighted by Gasteiger charge is -2.15. The first-order chi connectivity index (χ1) is 14.4. The van der Waals surface area contributed by atoms with Gasteiger partial charge < -0.3 is 9.47 Å². The number of benzene rings is 2. The zero-order valence-electron chi connectivity index (χ0n) is 17.5. The topological polar surface area (TPSA) is 60.5 Å². The minimum atomic E-state index is -0.674. The van der Waals surface area contributed by atoms with Gasteiger partial charge in [-0.05, 0) is 74.7 Å². The van der Waals surface area contributed by atoms with E-state index in [4.69, 9.17) is 21.1 Å². The fourth-order valence-electron chi connectivity index (χ4n) is 2.84. The Morgan fingerprint density at radius 1 is 1.17 bits per heavy atom. The fourth-order valence-corrected chi connectivity index (χ4v) is 3.68. The van der Waals surface area contributed by atoms with Gasteiger partial charge in [-0.3, -0.25) is 10.1 Å². The fraction of sp³-hybridized carbons (Fsp3) is 0.304. The Morgan fingerprint density at radius 2 is 1.83 bits per heavy atom. The lowest BCUT2D eigenvalue weighted by atomic mass is 10.1. The first-order valence-corrected chi connectivity index (χ1v) is 11.1. The van der Waals surface area contributed by atoms with Gasteiger partial charge in [0, 0.05) is 16.0 Å². The van der Waals surface area contributed by atoms with Crippen molar-refractivity contribution in [2.24, 2.45) is 0 Å². The average molecular weight is 445 g/mol. The summed E-state index contributed by atoms with van der Waals surface area (Å²) in [5, 5.41) is 5.97. The molecule has 0 spiro atoms. The van der Waals surface area contributed by atoms with E-state index in [0.717, 1.165) is 34.6 Å². The van der Waals surface area contributed by atoms with Gasteiger partial charge in [0.2, 0.25) is 0 Å². The smallest absolute Gasteiger partial charge is 0.266 e. The number of nitrogens with zero attached hydrogens (tertiary/aromatic N) is 1. The van der Waals surface area contributed by atoms with Crippen LogP contribution in [0.3, 0.4) is 0 Å². The molecule has 0 fully saturated rings. The van der Waals surface area contributed by atoms with E-state index in [-0.39, 0.29) is 5.91 Å². The summed E-state index contributed by atoms with van der Waals surface area (Å²) in [6, 6.07) is 11.4.